The van der Waals surface area contributed by atoms with Crippen molar-refractivity contribution in [2.24, 2.45) is 0 Å². The van der Waals surface area contributed by atoms with Crippen LogP contribution in [0, 0.1) is 0 Å². The third-order valence-corrected chi connectivity index (χ3v) is 2.89. The van der Waals surface area contributed by atoms with Gasteiger partial charge in [-0.05, 0) is 20.8 Å². The summed E-state index contributed by atoms with van der Waals surface area (Å²) < 4.78 is 16.3. The Morgan fingerprint density at radius 2 is 1.56 bits per heavy atom. The topological polar surface area (TPSA) is 85.9 Å². The predicted molar refractivity (Wildman–Crippen MR) is 66.0 cm³/mol. The Bertz CT molecular complexity index is 321. The lowest BCUT2D eigenvalue weighted by Gasteiger charge is -2.40. The molecular formula is C10H18N2O5S. The minimum Gasteiger partial charge on any atom is -0.325 e. The van der Waals surface area contributed by atoms with Crippen LogP contribution >= 0.6 is 12.6 Å². The van der Waals surface area contributed by atoms with E-state index >= 15 is 0 Å². The van der Waals surface area contributed by atoms with E-state index in [0.717, 1.165) is 0 Å². The second-order valence-electron chi connectivity index (χ2n) is 3.47. The summed E-state index contributed by atoms with van der Waals surface area (Å²) in [4.78, 5) is 21.4. The Kier molecular flexibility index (Phi) is 4.97. The van der Waals surface area contributed by atoms with Gasteiger partial charge in [-0.25, -0.2) is 4.79 Å². The number of carbonyl (C=O) groups is 2. The average molecular weight is 278 g/mol. The molecule has 1 rings (SSSR count). The molecule has 1 atom stereocenters. The summed E-state index contributed by atoms with van der Waals surface area (Å²) in [6.07, 6.45) is 0. The van der Waals surface area contributed by atoms with Crippen molar-refractivity contribution in [3.63, 3.8) is 0 Å². The standard InChI is InChI=1S/C10H18N2O5S/c1-4-15-10(16-5-2,17-6-3)9(18)7(13)11-8(14)12-9/h18H,4-6H2,1-3H3,(H2,11,12,13,14). The summed E-state index contributed by atoms with van der Waals surface area (Å²) in [7, 11) is 0. The zero-order valence-corrected chi connectivity index (χ0v) is 11.5. The molecule has 0 saturated carbocycles. The van der Waals surface area contributed by atoms with Crippen molar-refractivity contribution in [3.05, 3.63) is 0 Å². The SMILES string of the molecule is CCOC(OCC)(OCC)C1(S)NC(=O)NC1=O. The molecule has 1 fully saturated rings. The van der Waals surface area contributed by atoms with Gasteiger partial charge in [-0.3, -0.25) is 10.1 Å². The third-order valence-electron chi connectivity index (χ3n) is 2.30. The largest absolute Gasteiger partial charge is 0.327 e. The van der Waals surface area contributed by atoms with Gasteiger partial charge in [0, 0.05) is 19.8 Å². The minimum absolute atomic E-state index is 0.228. The van der Waals surface area contributed by atoms with Gasteiger partial charge < -0.3 is 19.5 Å². The van der Waals surface area contributed by atoms with Gasteiger partial charge in [-0.15, -0.1) is 12.6 Å². The van der Waals surface area contributed by atoms with Crippen LogP contribution in [-0.2, 0) is 19.0 Å². The maximum atomic E-state index is 11.9. The summed E-state index contributed by atoms with van der Waals surface area (Å²) >= 11 is 4.20. The molecular weight excluding hydrogens is 260 g/mol. The first-order valence-electron chi connectivity index (χ1n) is 5.73. The molecule has 1 aliphatic rings. The fraction of sp³-hybridized carbons (Fsp3) is 0.800. The summed E-state index contributed by atoms with van der Waals surface area (Å²) in [6.45, 7) is 5.85. The van der Waals surface area contributed by atoms with Crippen LogP contribution in [-0.4, -0.2) is 42.6 Å². The highest BCUT2D eigenvalue weighted by Crippen LogP contribution is 2.35. The van der Waals surface area contributed by atoms with Crippen molar-refractivity contribution >= 4 is 24.6 Å². The number of hydrogen-bond acceptors (Lipinski definition) is 6. The normalized spacial score (nSPS) is 24.0. The van der Waals surface area contributed by atoms with Crippen LogP contribution in [0.3, 0.4) is 0 Å². The summed E-state index contributed by atoms with van der Waals surface area (Å²) in [5.41, 5.74) is 0. The number of thiol groups is 1. The molecule has 3 amide bonds. The monoisotopic (exact) mass is 278 g/mol. The zero-order chi connectivity index (χ0) is 13.8. The van der Waals surface area contributed by atoms with Crippen molar-refractivity contribution in [1.82, 2.24) is 10.6 Å². The van der Waals surface area contributed by atoms with E-state index in [1.54, 1.807) is 20.8 Å². The number of amides is 3. The van der Waals surface area contributed by atoms with Crippen molar-refractivity contribution in [3.8, 4) is 0 Å². The highest BCUT2D eigenvalue weighted by atomic mass is 32.1. The van der Waals surface area contributed by atoms with Crippen LogP contribution in [0.5, 0.6) is 0 Å². The van der Waals surface area contributed by atoms with E-state index in [1.165, 1.54) is 0 Å². The Balaban J connectivity index is 3.14. The van der Waals surface area contributed by atoms with Crippen molar-refractivity contribution in [2.75, 3.05) is 19.8 Å². The summed E-state index contributed by atoms with van der Waals surface area (Å²) in [6, 6.07) is -0.668. The van der Waals surface area contributed by atoms with Crippen molar-refractivity contribution in [1.29, 1.82) is 0 Å². The number of urea groups is 1. The molecule has 1 saturated heterocycles. The molecule has 18 heavy (non-hydrogen) atoms. The van der Waals surface area contributed by atoms with Gasteiger partial charge in [-0.2, -0.15) is 0 Å². The molecule has 1 aliphatic heterocycles. The quantitative estimate of drug-likeness (QED) is 0.352. The summed E-state index contributed by atoms with van der Waals surface area (Å²) in [5, 5.41) is 4.45. The lowest BCUT2D eigenvalue weighted by molar-refractivity contribution is -0.387. The number of ether oxygens (including phenoxy) is 3. The van der Waals surface area contributed by atoms with Crippen LogP contribution in [0.25, 0.3) is 0 Å². The van der Waals surface area contributed by atoms with E-state index < -0.39 is 22.8 Å². The van der Waals surface area contributed by atoms with E-state index in [0.29, 0.717) is 0 Å². The van der Waals surface area contributed by atoms with Gasteiger partial charge in [0.05, 0.1) is 0 Å². The number of rotatable bonds is 7. The molecule has 0 aliphatic carbocycles. The number of imide groups is 1. The van der Waals surface area contributed by atoms with Crippen LogP contribution in [0.2, 0.25) is 0 Å². The fourth-order valence-electron chi connectivity index (χ4n) is 1.67. The van der Waals surface area contributed by atoms with Crippen LogP contribution < -0.4 is 10.6 Å². The lowest BCUT2D eigenvalue weighted by atomic mass is 10.2. The van der Waals surface area contributed by atoms with E-state index in [9.17, 15) is 9.59 Å². The molecule has 1 heterocycles. The van der Waals surface area contributed by atoms with E-state index in [1.807, 2.05) is 0 Å². The molecule has 0 radical (unpaired) electrons. The Morgan fingerprint density at radius 3 is 1.83 bits per heavy atom. The van der Waals surface area contributed by atoms with Gasteiger partial charge in [0.1, 0.15) is 0 Å². The van der Waals surface area contributed by atoms with Gasteiger partial charge in [0.2, 0.25) is 4.87 Å². The molecule has 0 bridgehead atoms. The first-order valence-corrected chi connectivity index (χ1v) is 6.18. The smallest absolute Gasteiger partial charge is 0.325 e. The van der Waals surface area contributed by atoms with Crippen LogP contribution in [0.4, 0.5) is 4.79 Å². The molecule has 0 aromatic rings. The highest BCUT2D eigenvalue weighted by molar-refractivity contribution is 7.82. The van der Waals surface area contributed by atoms with Gasteiger partial charge in [0.15, 0.2) is 0 Å². The number of nitrogens with one attached hydrogen (secondary N) is 2. The maximum absolute atomic E-state index is 11.9. The molecule has 7 nitrogen and oxygen atoms in total. The van der Waals surface area contributed by atoms with Gasteiger partial charge in [0.25, 0.3) is 5.91 Å². The third kappa shape index (κ3) is 2.46. The number of hydrogen-bond donors (Lipinski definition) is 3. The molecule has 0 aromatic heterocycles. The Morgan fingerprint density at radius 1 is 1.11 bits per heavy atom. The first kappa shape index (κ1) is 15.2. The minimum atomic E-state index is -1.76. The molecule has 1 unspecified atom stereocenters. The van der Waals surface area contributed by atoms with Gasteiger partial charge in [-0.1, -0.05) is 0 Å². The fourth-order valence-corrected chi connectivity index (χ4v) is 2.02. The summed E-state index contributed by atoms with van der Waals surface area (Å²) in [5.74, 6) is -2.43. The van der Waals surface area contributed by atoms with Crippen LogP contribution in [0.15, 0.2) is 0 Å². The highest BCUT2D eigenvalue weighted by Gasteiger charge is 2.63. The first-order chi connectivity index (χ1) is 8.45. The van der Waals surface area contributed by atoms with E-state index in [-0.39, 0.29) is 19.8 Å². The zero-order valence-electron chi connectivity index (χ0n) is 10.6. The molecule has 0 spiro atoms. The van der Waals surface area contributed by atoms with E-state index in [2.05, 4.69) is 23.3 Å². The van der Waals surface area contributed by atoms with Crippen molar-refractivity contribution < 1.29 is 23.8 Å². The number of carbonyl (C=O) groups excluding carboxylic acids is 2. The molecule has 104 valence electrons. The molecule has 2 N–H and O–H groups in total. The van der Waals surface area contributed by atoms with E-state index in [4.69, 9.17) is 14.2 Å². The van der Waals surface area contributed by atoms with Gasteiger partial charge >= 0.3 is 12.0 Å². The maximum Gasteiger partial charge on any atom is 0.327 e. The molecule has 8 heteroatoms. The Labute approximate surface area is 111 Å². The van der Waals surface area contributed by atoms with Crippen molar-refractivity contribution in [2.45, 2.75) is 31.6 Å². The van der Waals surface area contributed by atoms with Crippen LogP contribution in [0.1, 0.15) is 20.8 Å². The lowest BCUT2D eigenvalue weighted by Crippen LogP contribution is -2.65. The average Bonchev–Trinajstić information content (AvgIpc) is 2.55. The second kappa shape index (κ2) is 5.87. The predicted octanol–water partition coefficient (Wildman–Crippen LogP) is 0.215. The molecule has 0 aromatic carbocycles. The Hall–Kier alpha value is -0.830. The second-order valence-corrected chi connectivity index (χ2v) is 4.14.